The number of hydrogen-bond acceptors (Lipinski definition) is 4. The van der Waals surface area contributed by atoms with E-state index in [1.807, 2.05) is 42.4 Å². The highest BCUT2D eigenvalue weighted by Gasteiger charge is 2.52. The van der Waals surface area contributed by atoms with E-state index in [-0.39, 0.29) is 18.3 Å². The van der Waals surface area contributed by atoms with Crippen molar-refractivity contribution < 1.29 is 9.18 Å². The molecule has 3 aliphatic heterocycles. The maximum atomic E-state index is 15.2. The van der Waals surface area contributed by atoms with Gasteiger partial charge in [0.25, 0.3) is 0 Å². The van der Waals surface area contributed by atoms with Crippen molar-refractivity contribution in [3.05, 3.63) is 71.8 Å². The molecule has 3 aromatic rings. The number of hydrogen-bond donors (Lipinski definition) is 0. The molecular weight excluding hydrogens is 441 g/mol. The average molecular weight is 474 g/mol. The second-order valence-electron chi connectivity index (χ2n) is 10.4. The number of nitrogens with zero attached hydrogens (tertiary/aromatic N) is 5. The number of likely N-dealkylation sites (tertiary alicyclic amines) is 2. The summed E-state index contributed by atoms with van der Waals surface area (Å²) in [5.74, 6) is -0.171. The van der Waals surface area contributed by atoms with Gasteiger partial charge in [-0.2, -0.15) is 5.10 Å². The number of amides is 1. The fraction of sp³-hybridized carbons (Fsp3) is 0.429. The Bertz CT molecular complexity index is 1260. The van der Waals surface area contributed by atoms with Crippen molar-refractivity contribution in [2.75, 3.05) is 38.1 Å². The summed E-state index contributed by atoms with van der Waals surface area (Å²) >= 11 is 0. The number of carbonyl (C=O) groups excluding carboxylic acids is 1. The molecule has 35 heavy (non-hydrogen) atoms. The first-order valence-corrected chi connectivity index (χ1v) is 12.6. The summed E-state index contributed by atoms with van der Waals surface area (Å²) in [6, 6.07) is 14.0. The van der Waals surface area contributed by atoms with Gasteiger partial charge in [-0.15, -0.1) is 0 Å². The Hall–Kier alpha value is -3.03. The number of piperidine rings is 1. The van der Waals surface area contributed by atoms with Gasteiger partial charge in [0.2, 0.25) is 5.91 Å². The number of carbonyl (C=O) groups is 1. The van der Waals surface area contributed by atoms with Crippen molar-refractivity contribution in [3.63, 3.8) is 0 Å². The minimum Gasteiger partial charge on any atom is -0.307 e. The number of aromatic nitrogens is 2. The highest BCUT2D eigenvalue weighted by molar-refractivity contribution is 6.08. The first-order chi connectivity index (χ1) is 16.9. The molecule has 0 bridgehead atoms. The number of likely N-dealkylation sites (N-methyl/N-ethyl adjacent to an activating group) is 1. The molecule has 182 valence electrons. The van der Waals surface area contributed by atoms with Crippen LogP contribution in [0.15, 0.2) is 54.9 Å². The first-order valence-electron chi connectivity index (χ1n) is 12.6. The first kappa shape index (κ1) is 22.4. The Morgan fingerprint density at radius 2 is 1.86 bits per heavy atom. The Labute approximate surface area is 205 Å². The number of aryl methyl sites for hydroxylation is 1. The van der Waals surface area contributed by atoms with Crippen LogP contribution in [-0.2, 0) is 23.8 Å². The summed E-state index contributed by atoms with van der Waals surface area (Å²) in [4.78, 5) is 20.8. The zero-order valence-corrected chi connectivity index (χ0v) is 20.5. The molecule has 2 fully saturated rings. The van der Waals surface area contributed by atoms with Crippen LogP contribution in [0.4, 0.5) is 10.1 Å². The van der Waals surface area contributed by atoms with E-state index in [0.29, 0.717) is 11.6 Å². The third-order valence-electron chi connectivity index (χ3n) is 8.32. The van der Waals surface area contributed by atoms with E-state index in [4.69, 9.17) is 0 Å². The van der Waals surface area contributed by atoms with Gasteiger partial charge in [0.15, 0.2) is 0 Å². The lowest BCUT2D eigenvalue weighted by atomic mass is 9.73. The highest BCUT2D eigenvalue weighted by Crippen LogP contribution is 2.49. The summed E-state index contributed by atoms with van der Waals surface area (Å²) in [5.41, 5.74) is 3.74. The zero-order chi connectivity index (χ0) is 24.2. The molecule has 3 aliphatic rings. The Morgan fingerprint density at radius 1 is 1.06 bits per heavy atom. The lowest BCUT2D eigenvalue weighted by Gasteiger charge is -2.41. The van der Waals surface area contributed by atoms with Crippen LogP contribution < -0.4 is 4.90 Å². The van der Waals surface area contributed by atoms with E-state index in [1.54, 1.807) is 23.0 Å². The lowest BCUT2D eigenvalue weighted by molar-refractivity contribution is -0.125. The van der Waals surface area contributed by atoms with Crippen molar-refractivity contribution in [2.24, 2.45) is 7.05 Å². The van der Waals surface area contributed by atoms with E-state index < -0.39 is 5.41 Å². The molecule has 1 atom stereocenters. The third-order valence-corrected chi connectivity index (χ3v) is 8.32. The average Bonchev–Trinajstić information content (AvgIpc) is 3.55. The van der Waals surface area contributed by atoms with Gasteiger partial charge in [-0.1, -0.05) is 30.3 Å². The quantitative estimate of drug-likeness (QED) is 0.578. The summed E-state index contributed by atoms with van der Waals surface area (Å²) < 4.78 is 16.9. The fourth-order valence-corrected chi connectivity index (χ4v) is 6.31. The SMILES string of the molecule is CN1CCC(N2CCC3(CC2)C(=O)N(Cc2ccc(-c4cnn(C)c4)cc2F)c2ccccc23)C1. The molecule has 1 aromatic heterocycles. The second-order valence-corrected chi connectivity index (χ2v) is 10.4. The molecule has 6 rings (SSSR count). The van der Waals surface area contributed by atoms with Crippen LogP contribution in [0, 0.1) is 5.82 Å². The van der Waals surface area contributed by atoms with Gasteiger partial charge in [-0.05, 0) is 69.2 Å². The molecule has 4 heterocycles. The number of fused-ring (bicyclic) bond motifs is 2. The number of para-hydroxylation sites is 1. The summed E-state index contributed by atoms with van der Waals surface area (Å²) in [7, 11) is 4.03. The largest absolute Gasteiger partial charge is 0.307 e. The maximum absolute atomic E-state index is 15.2. The van der Waals surface area contributed by atoms with E-state index in [9.17, 15) is 4.79 Å². The van der Waals surface area contributed by atoms with Gasteiger partial charge in [-0.25, -0.2) is 4.39 Å². The smallest absolute Gasteiger partial charge is 0.238 e. The lowest BCUT2D eigenvalue weighted by Crippen LogP contribution is -2.51. The van der Waals surface area contributed by atoms with Crippen LogP contribution in [0.1, 0.15) is 30.4 Å². The van der Waals surface area contributed by atoms with Crippen LogP contribution in [-0.4, -0.2) is 64.8 Å². The number of anilines is 1. The minimum atomic E-state index is -0.496. The van der Waals surface area contributed by atoms with Gasteiger partial charge >= 0.3 is 0 Å². The van der Waals surface area contributed by atoms with Gasteiger partial charge in [0.05, 0.1) is 18.2 Å². The number of benzene rings is 2. The van der Waals surface area contributed by atoms with Crippen molar-refractivity contribution in [1.82, 2.24) is 19.6 Å². The second kappa shape index (κ2) is 8.57. The molecule has 0 N–H and O–H groups in total. The van der Waals surface area contributed by atoms with Gasteiger partial charge in [-0.3, -0.25) is 14.4 Å². The van der Waals surface area contributed by atoms with Crippen molar-refractivity contribution in [3.8, 4) is 11.1 Å². The monoisotopic (exact) mass is 473 g/mol. The van der Waals surface area contributed by atoms with Crippen molar-refractivity contribution in [2.45, 2.75) is 37.3 Å². The molecule has 1 spiro atoms. The molecule has 1 amide bonds. The number of halogens is 1. The van der Waals surface area contributed by atoms with Gasteiger partial charge < -0.3 is 9.80 Å². The summed E-state index contributed by atoms with van der Waals surface area (Å²) in [6.45, 7) is 4.36. The Kier molecular flexibility index (Phi) is 5.49. The van der Waals surface area contributed by atoms with Gasteiger partial charge in [0, 0.05) is 42.6 Å². The summed E-state index contributed by atoms with van der Waals surface area (Å²) in [6.07, 6.45) is 6.45. The number of rotatable bonds is 4. The van der Waals surface area contributed by atoms with E-state index >= 15 is 4.39 Å². The molecule has 2 saturated heterocycles. The topological polar surface area (TPSA) is 44.6 Å². The predicted octanol–water partition coefficient (Wildman–Crippen LogP) is 3.81. The molecule has 1 unspecified atom stereocenters. The standard InChI is InChI=1S/C28H32FN5O/c1-31-12-9-23(19-31)33-13-10-28(11-14-33)24-5-3-4-6-26(24)34(27(28)35)18-21-8-7-20(15-25(21)29)22-16-30-32(2)17-22/h3-8,15-17,23H,9-14,18-19H2,1-2H3. The fourth-order valence-electron chi connectivity index (χ4n) is 6.31. The van der Waals surface area contributed by atoms with Crippen LogP contribution in [0.25, 0.3) is 11.1 Å². The zero-order valence-electron chi connectivity index (χ0n) is 20.5. The van der Waals surface area contributed by atoms with Crippen LogP contribution in [0.2, 0.25) is 0 Å². The van der Waals surface area contributed by atoms with E-state index in [2.05, 4.69) is 28.0 Å². The van der Waals surface area contributed by atoms with Crippen LogP contribution in [0.3, 0.4) is 0 Å². The summed E-state index contributed by atoms with van der Waals surface area (Å²) in [5, 5.41) is 4.18. The minimum absolute atomic E-state index is 0.123. The van der Waals surface area contributed by atoms with E-state index in [1.165, 1.54) is 6.42 Å². The van der Waals surface area contributed by atoms with Crippen LogP contribution in [0.5, 0.6) is 0 Å². The molecular formula is C28H32FN5O. The maximum Gasteiger partial charge on any atom is 0.238 e. The highest BCUT2D eigenvalue weighted by atomic mass is 19.1. The van der Waals surface area contributed by atoms with Crippen LogP contribution >= 0.6 is 0 Å². The molecule has 7 heteroatoms. The molecule has 0 radical (unpaired) electrons. The van der Waals surface area contributed by atoms with Crippen molar-refractivity contribution >= 4 is 11.6 Å². The molecule has 0 saturated carbocycles. The Balaban J connectivity index is 1.25. The van der Waals surface area contributed by atoms with Crippen molar-refractivity contribution in [1.29, 1.82) is 0 Å². The predicted molar refractivity (Wildman–Crippen MR) is 135 cm³/mol. The molecule has 0 aliphatic carbocycles. The van der Waals surface area contributed by atoms with E-state index in [0.717, 1.165) is 61.4 Å². The molecule has 2 aromatic carbocycles. The van der Waals surface area contributed by atoms with Gasteiger partial charge in [0.1, 0.15) is 5.82 Å². The third kappa shape index (κ3) is 3.78. The molecule has 6 nitrogen and oxygen atoms in total. The normalized spacial score (nSPS) is 22.3. The Morgan fingerprint density at radius 3 is 2.54 bits per heavy atom.